The Hall–Kier alpha value is -3.02. The van der Waals surface area contributed by atoms with Crippen molar-refractivity contribution < 1.29 is 19.1 Å². The summed E-state index contributed by atoms with van der Waals surface area (Å²) in [7, 11) is 0. The summed E-state index contributed by atoms with van der Waals surface area (Å²) in [6.07, 6.45) is 0. The molecule has 26 heavy (non-hydrogen) atoms. The van der Waals surface area contributed by atoms with Crippen LogP contribution in [0.2, 0.25) is 0 Å². The number of hydrogen-bond donors (Lipinski definition) is 2. The number of fused-ring (bicyclic) bond motifs is 1. The molecule has 2 aromatic carbocycles. The van der Waals surface area contributed by atoms with Crippen molar-refractivity contribution in [3.05, 3.63) is 53.6 Å². The number of benzene rings is 2. The quantitative estimate of drug-likeness (QED) is 0.831. The number of carbonyl (C=O) groups is 2. The second-order valence-electron chi connectivity index (χ2n) is 7.12. The first kappa shape index (κ1) is 17.8. The van der Waals surface area contributed by atoms with E-state index in [-0.39, 0.29) is 18.8 Å². The normalized spacial score (nSPS) is 12.6. The van der Waals surface area contributed by atoms with E-state index in [1.54, 1.807) is 18.2 Å². The summed E-state index contributed by atoms with van der Waals surface area (Å²) in [5, 5.41) is 5.32. The number of ether oxygens (including phenoxy) is 2. The second kappa shape index (κ2) is 7.07. The van der Waals surface area contributed by atoms with Gasteiger partial charge in [-0.25, -0.2) is 0 Å². The van der Waals surface area contributed by atoms with Gasteiger partial charge < -0.3 is 20.1 Å². The van der Waals surface area contributed by atoms with Crippen molar-refractivity contribution >= 4 is 17.5 Å². The third-order valence-corrected chi connectivity index (χ3v) is 4.08. The molecule has 0 aliphatic carbocycles. The van der Waals surface area contributed by atoms with E-state index in [0.717, 1.165) is 11.1 Å². The minimum atomic E-state index is -0.692. The highest BCUT2D eigenvalue weighted by atomic mass is 16.7. The first-order valence-electron chi connectivity index (χ1n) is 8.42. The lowest BCUT2D eigenvalue weighted by Crippen LogP contribution is -2.35. The van der Waals surface area contributed by atoms with E-state index >= 15 is 0 Å². The fraction of sp³-hybridized carbons (Fsp3) is 0.300. The third-order valence-electron chi connectivity index (χ3n) is 4.08. The number of amides is 2. The number of nitrogens with one attached hydrogen (secondary N) is 2. The van der Waals surface area contributed by atoms with Crippen LogP contribution in [0.15, 0.2) is 42.5 Å². The summed E-state index contributed by atoms with van der Waals surface area (Å²) in [4.78, 5) is 24.4. The lowest BCUT2D eigenvalue weighted by molar-refractivity contribution is -0.136. The predicted octanol–water partition coefficient (Wildman–Crippen LogP) is 2.97. The molecule has 136 valence electrons. The standard InChI is InChI=1S/C20H22N2O4/c1-20(2,3)14-6-4-5-7-15(14)22-19(24)18(23)21-11-13-8-9-16-17(10-13)26-12-25-16/h4-10H,11-12H2,1-3H3,(H,21,23)(H,22,24). The second-order valence-corrected chi connectivity index (χ2v) is 7.12. The fourth-order valence-corrected chi connectivity index (χ4v) is 2.74. The predicted molar refractivity (Wildman–Crippen MR) is 98.2 cm³/mol. The molecular formula is C20H22N2O4. The molecule has 0 saturated heterocycles. The van der Waals surface area contributed by atoms with E-state index in [1.807, 2.05) is 24.3 Å². The molecule has 1 heterocycles. The summed E-state index contributed by atoms with van der Waals surface area (Å²) >= 11 is 0. The fourth-order valence-electron chi connectivity index (χ4n) is 2.74. The van der Waals surface area contributed by atoms with Crippen LogP contribution < -0.4 is 20.1 Å². The highest BCUT2D eigenvalue weighted by Crippen LogP contribution is 2.32. The molecule has 6 heteroatoms. The van der Waals surface area contributed by atoms with Gasteiger partial charge in [-0.3, -0.25) is 9.59 Å². The monoisotopic (exact) mass is 354 g/mol. The Labute approximate surface area is 152 Å². The third kappa shape index (κ3) is 3.96. The Balaban J connectivity index is 1.61. The lowest BCUT2D eigenvalue weighted by atomic mass is 9.86. The molecule has 6 nitrogen and oxygen atoms in total. The molecule has 0 aromatic heterocycles. The van der Waals surface area contributed by atoms with Crippen LogP contribution in [0.3, 0.4) is 0 Å². The molecular weight excluding hydrogens is 332 g/mol. The zero-order valence-electron chi connectivity index (χ0n) is 15.1. The maximum atomic E-state index is 12.2. The van der Waals surface area contributed by atoms with Crippen LogP contribution in [0.4, 0.5) is 5.69 Å². The van der Waals surface area contributed by atoms with Gasteiger partial charge in [-0.2, -0.15) is 0 Å². The van der Waals surface area contributed by atoms with Crippen LogP contribution in [0.25, 0.3) is 0 Å². The van der Waals surface area contributed by atoms with Gasteiger partial charge in [0.2, 0.25) is 6.79 Å². The minimum absolute atomic E-state index is 0.146. The number of carbonyl (C=O) groups excluding carboxylic acids is 2. The van der Waals surface area contributed by atoms with Crippen molar-refractivity contribution in [3.63, 3.8) is 0 Å². The van der Waals surface area contributed by atoms with Gasteiger partial charge in [0, 0.05) is 12.2 Å². The van der Waals surface area contributed by atoms with Crippen molar-refractivity contribution in [2.24, 2.45) is 0 Å². The first-order chi connectivity index (χ1) is 12.3. The van der Waals surface area contributed by atoms with Gasteiger partial charge in [-0.1, -0.05) is 45.0 Å². The van der Waals surface area contributed by atoms with Crippen molar-refractivity contribution in [3.8, 4) is 11.5 Å². The minimum Gasteiger partial charge on any atom is -0.454 e. The molecule has 2 N–H and O–H groups in total. The molecule has 0 radical (unpaired) electrons. The van der Waals surface area contributed by atoms with Gasteiger partial charge in [0.25, 0.3) is 0 Å². The number of rotatable bonds is 3. The largest absolute Gasteiger partial charge is 0.454 e. The molecule has 0 unspecified atom stereocenters. The van der Waals surface area contributed by atoms with Crippen LogP contribution in [0, 0.1) is 0 Å². The van der Waals surface area contributed by atoms with Gasteiger partial charge >= 0.3 is 11.8 Å². The van der Waals surface area contributed by atoms with Crippen LogP contribution in [0.5, 0.6) is 11.5 Å². The van der Waals surface area contributed by atoms with Gasteiger partial charge in [0.1, 0.15) is 0 Å². The molecule has 1 aliphatic rings. The summed E-state index contributed by atoms with van der Waals surface area (Å²) < 4.78 is 10.6. The van der Waals surface area contributed by atoms with Gasteiger partial charge in [-0.15, -0.1) is 0 Å². The molecule has 2 amide bonds. The Morgan fingerprint density at radius 2 is 1.73 bits per heavy atom. The highest BCUT2D eigenvalue weighted by Gasteiger charge is 2.21. The first-order valence-corrected chi connectivity index (χ1v) is 8.42. The van der Waals surface area contributed by atoms with Gasteiger partial charge in [-0.05, 0) is 34.7 Å². The Bertz CT molecular complexity index is 840. The van der Waals surface area contributed by atoms with Crippen LogP contribution in [-0.4, -0.2) is 18.6 Å². The number of anilines is 1. The van der Waals surface area contributed by atoms with E-state index in [0.29, 0.717) is 17.2 Å². The molecule has 1 aliphatic heterocycles. The smallest absolute Gasteiger partial charge is 0.313 e. The summed E-state index contributed by atoms with van der Waals surface area (Å²) in [5.74, 6) is -0.0641. The van der Waals surface area contributed by atoms with E-state index < -0.39 is 11.8 Å². The molecule has 0 atom stereocenters. The maximum Gasteiger partial charge on any atom is 0.313 e. The molecule has 0 fully saturated rings. The Kier molecular flexibility index (Phi) is 4.84. The SMILES string of the molecule is CC(C)(C)c1ccccc1NC(=O)C(=O)NCc1ccc2c(c1)OCO2. The zero-order valence-corrected chi connectivity index (χ0v) is 15.1. The van der Waals surface area contributed by atoms with Crippen LogP contribution >= 0.6 is 0 Å². The van der Waals surface area contributed by atoms with Crippen molar-refractivity contribution in [2.45, 2.75) is 32.7 Å². The summed E-state index contributed by atoms with van der Waals surface area (Å²) in [5.41, 5.74) is 2.29. The zero-order chi connectivity index (χ0) is 18.7. The topological polar surface area (TPSA) is 76.7 Å². The van der Waals surface area contributed by atoms with Crippen LogP contribution in [0.1, 0.15) is 31.9 Å². The highest BCUT2D eigenvalue weighted by molar-refractivity contribution is 6.39. The van der Waals surface area contributed by atoms with E-state index in [1.165, 1.54) is 0 Å². The van der Waals surface area contributed by atoms with Gasteiger partial charge in [0.15, 0.2) is 11.5 Å². The van der Waals surface area contributed by atoms with Gasteiger partial charge in [0.05, 0.1) is 0 Å². The molecule has 0 spiro atoms. The van der Waals surface area contributed by atoms with E-state index in [9.17, 15) is 9.59 Å². The maximum absolute atomic E-state index is 12.2. The Morgan fingerprint density at radius 3 is 2.50 bits per heavy atom. The molecule has 0 bridgehead atoms. The molecule has 3 rings (SSSR count). The summed E-state index contributed by atoms with van der Waals surface area (Å²) in [6, 6.07) is 12.9. The van der Waals surface area contributed by atoms with Crippen molar-refractivity contribution in [1.29, 1.82) is 0 Å². The van der Waals surface area contributed by atoms with Crippen molar-refractivity contribution in [2.75, 3.05) is 12.1 Å². The molecule has 0 saturated carbocycles. The lowest BCUT2D eigenvalue weighted by Gasteiger charge is -2.22. The Morgan fingerprint density at radius 1 is 1.00 bits per heavy atom. The number of para-hydroxylation sites is 1. The van der Waals surface area contributed by atoms with E-state index in [4.69, 9.17) is 9.47 Å². The average molecular weight is 354 g/mol. The number of hydrogen-bond acceptors (Lipinski definition) is 4. The van der Waals surface area contributed by atoms with Crippen molar-refractivity contribution in [1.82, 2.24) is 5.32 Å². The van der Waals surface area contributed by atoms with E-state index in [2.05, 4.69) is 31.4 Å². The summed E-state index contributed by atoms with van der Waals surface area (Å²) in [6.45, 7) is 6.58. The molecule has 2 aromatic rings. The van der Waals surface area contributed by atoms with Crippen LogP contribution in [-0.2, 0) is 21.5 Å². The average Bonchev–Trinajstić information content (AvgIpc) is 3.06.